The third-order valence-corrected chi connectivity index (χ3v) is 3.29. The van der Waals surface area contributed by atoms with Gasteiger partial charge in [-0.2, -0.15) is 5.26 Å². The van der Waals surface area contributed by atoms with Crippen LogP contribution in [0.2, 0.25) is 0 Å². The van der Waals surface area contributed by atoms with Crippen LogP contribution in [-0.2, 0) is 0 Å². The Morgan fingerprint density at radius 3 is 2.61 bits per heavy atom. The Labute approximate surface area is 134 Å². The molecule has 2 rings (SSSR count). The van der Waals surface area contributed by atoms with Gasteiger partial charge in [-0.1, -0.05) is 0 Å². The first-order chi connectivity index (χ1) is 10.9. The number of hydrogen-bond donors (Lipinski definition) is 1. The molecule has 0 fully saturated rings. The van der Waals surface area contributed by atoms with Crippen LogP contribution >= 0.6 is 0 Å². The number of nitriles is 1. The summed E-state index contributed by atoms with van der Waals surface area (Å²) in [6.45, 7) is 4.18. The fourth-order valence-corrected chi connectivity index (χ4v) is 1.80. The Kier molecular flexibility index (Phi) is 4.91. The Hall–Kier alpha value is -2.94. The lowest BCUT2D eigenvalue weighted by atomic mass is 9.92. The summed E-state index contributed by atoms with van der Waals surface area (Å²) in [5.41, 5.74) is 0.247. The number of carboxylic acid groups (broad SMARTS) is 1. The largest absolute Gasteiger partial charge is 0.494 e. The summed E-state index contributed by atoms with van der Waals surface area (Å²) in [6.07, 6.45) is 2.05. The van der Waals surface area contributed by atoms with Crippen LogP contribution in [-0.4, -0.2) is 27.7 Å². The summed E-state index contributed by atoms with van der Waals surface area (Å²) in [5, 5.41) is 17.9. The summed E-state index contributed by atoms with van der Waals surface area (Å²) >= 11 is 0. The zero-order chi connectivity index (χ0) is 16.9. The smallest absolute Gasteiger partial charge is 0.354 e. The van der Waals surface area contributed by atoms with Crippen molar-refractivity contribution < 1.29 is 14.6 Å². The first-order valence-corrected chi connectivity index (χ1v) is 7.12. The van der Waals surface area contributed by atoms with Gasteiger partial charge in [0.1, 0.15) is 5.75 Å². The van der Waals surface area contributed by atoms with Crippen molar-refractivity contribution in [1.29, 1.82) is 5.26 Å². The Balaban J connectivity index is 2.04. The molecule has 1 aromatic heterocycles. The van der Waals surface area contributed by atoms with Crippen molar-refractivity contribution in [3.05, 3.63) is 42.2 Å². The summed E-state index contributed by atoms with van der Waals surface area (Å²) in [7, 11) is 0. The lowest BCUT2D eigenvalue weighted by Gasteiger charge is -2.15. The molecule has 2 aromatic rings. The molecule has 0 saturated carbocycles. The molecule has 0 aliphatic rings. The van der Waals surface area contributed by atoms with Gasteiger partial charge in [0.05, 0.1) is 18.1 Å². The predicted octanol–water partition coefficient (Wildman–Crippen LogP) is 3.16. The van der Waals surface area contributed by atoms with E-state index in [0.717, 1.165) is 0 Å². The van der Waals surface area contributed by atoms with Gasteiger partial charge < -0.3 is 9.84 Å². The maximum atomic E-state index is 10.9. The lowest BCUT2D eigenvalue weighted by molar-refractivity contribution is 0.0690. The van der Waals surface area contributed by atoms with Crippen molar-refractivity contribution in [1.82, 2.24) is 9.97 Å². The molecule has 23 heavy (non-hydrogen) atoms. The van der Waals surface area contributed by atoms with E-state index >= 15 is 0 Å². The number of carboxylic acids is 1. The van der Waals surface area contributed by atoms with Gasteiger partial charge in [-0.15, -0.1) is 0 Å². The zero-order valence-electron chi connectivity index (χ0n) is 13.0. The molecule has 6 heteroatoms. The third-order valence-electron chi connectivity index (χ3n) is 3.29. The van der Waals surface area contributed by atoms with Gasteiger partial charge >= 0.3 is 5.97 Å². The third kappa shape index (κ3) is 4.51. The summed E-state index contributed by atoms with van der Waals surface area (Å²) in [5.74, 6) is -0.0624. The lowest BCUT2D eigenvalue weighted by Crippen LogP contribution is -2.13. The number of aromatic carboxylic acids is 1. The van der Waals surface area contributed by atoms with Gasteiger partial charge in [-0.05, 0) is 50.6 Å². The van der Waals surface area contributed by atoms with Crippen LogP contribution in [0.3, 0.4) is 0 Å². The van der Waals surface area contributed by atoms with E-state index in [2.05, 4.69) is 16.0 Å². The second-order valence-electron chi connectivity index (χ2n) is 5.69. The van der Waals surface area contributed by atoms with Crippen molar-refractivity contribution >= 4 is 5.97 Å². The van der Waals surface area contributed by atoms with Crippen molar-refractivity contribution in [2.45, 2.75) is 20.3 Å². The minimum absolute atomic E-state index is 0.0472. The molecule has 0 atom stereocenters. The summed E-state index contributed by atoms with van der Waals surface area (Å²) in [6, 6.07) is 10.7. The molecule has 0 radical (unpaired) electrons. The van der Waals surface area contributed by atoms with Crippen LogP contribution in [0.5, 0.6) is 5.75 Å². The van der Waals surface area contributed by atoms with E-state index in [0.29, 0.717) is 30.2 Å². The van der Waals surface area contributed by atoms with Gasteiger partial charge in [0.2, 0.25) is 0 Å². The maximum Gasteiger partial charge on any atom is 0.354 e. The monoisotopic (exact) mass is 311 g/mol. The van der Waals surface area contributed by atoms with E-state index in [1.807, 2.05) is 13.8 Å². The second kappa shape index (κ2) is 6.88. The van der Waals surface area contributed by atoms with Crippen LogP contribution in [0.15, 0.2) is 36.5 Å². The molecular weight excluding hydrogens is 294 g/mol. The van der Waals surface area contributed by atoms with Crippen LogP contribution in [0.1, 0.15) is 30.8 Å². The molecule has 0 unspecified atom stereocenters. The van der Waals surface area contributed by atoms with Gasteiger partial charge in [-0.3, -0.25) is 0 Å². The van der Waals surface area contributed by atoms with E-state index < -0.39 is 11.4 Å². The molecule has 0 aliphatic carbocycles. The van der Waals surface area contributed by atoms with Gasteiger partial charge in [0, 0.05) is 11.8 Å². The average molecular weight is 311 g/mol. The van der Waals surface area contributed by atoms with E-state index in [1.54, 1.807) is 24.3 Å². The first kappa shape index (κ1) is 16.4. The fraction of sp³-hybridized carbons (Fsp3) is 0.294. The van der Waals surface area contributed by atoms with Crippen molar-refractivity contribution in [2.75, 3.05) is 6.61 Å². The Morgan fingerprint density at radius 1 is 1.30 bits per heavy atom. The van der Waals surface area contributed by atoms with Crippen LogP contribution < -0.4 is 4.74 Å². The molecule has 0 saturated heterocycles. The highest BCUT2D eigenvalue weighted by molar-refractivity contribution is 5.85. The number of carbonyl (C=O) groups is 1. The Morgan fingerprint density at radius 2 is 2.00 bits per heavy atom. The molecule has 1 aromatic carbocycles. The zero-order valence-corrected chi connectivity index (χ0v) is 13.0. The normalized spacial score (nSPS) is 10.8. The highest BCUT2D eigenvalue weighted by atomic mass is 16.5. The van der Waals surface area contributed by atoms with Gasteiger partial charge in [0.25, 0.3) is 0 Å². The number of ether oxygens (including phenoxy) is 1. The molecule has 0 spiro atoms. The van der Waals surface area contributed by atoms with E-state index in [9.17, 15) is 4.79 Å². The summed E-state index contributed by atoms with van der Waals surface area (Å²) < 4.78 is 5.61. The molecule has 1 N–H and O–H groups in total. The molecule has 0 aliphatic heterocycles. The van der Waals surface area contributed by atoms with E-state index in [1.165, 1.54) is 12.3 Å². The second-order valence-corrected chi connectivity index (χ2v) is 5.69. The SMILES string of the molecule is CC(C)(C#N)CCOc1ccc(-c2nccc(C(=O)O)n2)cc1. The van der Waals surface area contributed by atoms with E-state index in [4.69, 9.17) is 15.1 Å². The van der Waals surface area contributed by atoms with Crippen molar-refractivity contribution in [2.24, 2.45) is 5.41 Å². The topological polar surface area (TPSA) is 96.1 Å². The number of benzene rings is 1. The van der Waals surface area contributed by atoms with Crippen molar-refractivity contribution in [3.8, 4) is 23.2 Å². The van der Waals surface area contributed by atoms with Crippen molar-refractivity contribution in [3.63, 3.8) is 0 Å². The number of aromatic nitrogens is 2. The van der Waals surface area contributed by atoms with Crippen LogP contribution in [0.4, 0.5) is 0 Å². The summed E-state index contributed by atoms with van der Waals surface area (Å²) in [4.78, 5) is 19.0. The molecule has 118 valence electrons. The van der Waals surface area contributed by atoms with E-state index in [-0.39, 0.29) is 5.69 Å². The number of rotatable bonds is 6. The molecule has 0 amide bonds. The number of nitrogens with zero attached hydrogens (tertiary/aromatic N) is 3. The van der Waals surface area contributed by atoms with Gasteiger partial charge in [-0.25, -0.2) is 14.8 Å². The molecular formula is C17H17N3O3. The minimum atomic E-state index is -1.09. The minimum Gasteiger partial charge on any atom is -0.494 e. The Bertz CT molecular complexity index is 733. The molecule has 6 nitrogen and oxygen atoms in total. The number of hydrogen-bond acceptors (Lipinski definition) is 5. The molecule has 1 heterocycles. The highest BCUT2D eigenvalue weighted by Gasteiger charge is 2.16. The van der Waals surface area contributed by atoms with Crippen LogP contribution in [0, 0.1) is 16.7 Å². The quantitative estimate of drug-likeness (QED) is 0.880. The maximum absolute atomic E-state index is 10.9. The standard InChI is InChI=1S/C17H17N3O3/c1-17(2,11-18)8-10-23-13-5-3-12(4-6-13)15-19-9-7-14(20-15)16(21)22/h3-7,9H,8,10H2,1-2H3,(H,21,22). The highest BCUT2D eigenvalue weighted by Crippen LogP contribution is 2.22. The van der Waals surface area contributed by atoms with Gasteiger partial charge in [0.15, 0.2) is 11.5 Å². The average Bonchev–Trinajstić information content (AvgIpc) is 2.55. The van der Waals surface area contributed by atoms with Crippen LogP contribution in [0.25, 0.3) is 11.4 Å². The molecule has 0 bridgehead atoms. The predicted molar refractivity (Wildman–Crippen MR) is 83.9 cm³/mol. The fourth-order valence-electron chi connectivity index (χ4n) is 1.80. The first-order valence-electron chi connectivity index (χ1n) is 7.12.